The zero-order chi connectivity index (χ0) is 10.7. The highest BCUT2D eigenvalue weighted by atomic mass is 16.5. The van der Waals surface area contributed by atoms with E-state index in [1.165, 1.54) is 6.42 Å². The van der Waals surface area contributed by atoms with Crippen molar-refractivity contribution in [3.8, 4) is 6.07 Å². The number of carbonyl (C=O) groups is 1. The molecule has 0 radical (unpaired) electrons. The predicted molar refractivity (Wildman–Crippen MR) is 53.9 cm³/mol. The van der Waals surface area contributed by atoms with Gasteiger partial charge in [0.1, 0.15) is 5.41 Å². The van der Waals surface area contributed by atoms with E-state index in [1.54, 1.807) is 0 Å². The fourth-order valence-electron chi connectivity index (χ4n) is 1.99. The van der Waals surface area contributed by atoms with Crippen LogP contribution < -0.4 is 5.32 Å². The summed E-state index contributed by atoms with van der Waals surface area (Å²) < 4.78 is 5.19. The van der Waals surface area contributed by atoms with Crippen molar-refractivity contribution < 1.29 is 9.53 Å². The van der Waals surface area contributed by atoms with Crippen LogP contribution in [0.3, 0.4) is 0 Å². The first-order valence-corrected chi connectivity index (χ1v) is 5.57. The Morgan fingerprint density at radius 3 is 2.53 bits per heavy atom. The lowest BCUT2D eigenvalue weighted by Gasteiger charge is -2.33. The molecule has 1 aliphatic heterocycles. The Bertz CT molecular complexity index is 285. The topological polar surface area (TPSA) is 62.1 Å². The van der Waals surface area contributed by atoms with E-state index in [4.69, 9.17) is 10.00 Å². The molecule has 82 valence electrons. The van der Waals surface area contributed by atoms with Crippen molar-refractivity contribution in [1.82, 2.24) is 5.32 Å². The van der Waals surface area contributed by atoms with Gasteiger partial charge in [-0.1, -0.05) is 0 Å². The Labute approximate surface area is 89.6 Å². The molecule has 1 heterocycles. The van der Waals surface area contributed by atoms with E-state index in [0.29, 0.717) is 32.1 Å². The van der Waals surface area contributed by atoms with Crippen LogP contribution in [0.25, 0.3) is 0 Å². The van der Waals surface area contributed by atoms with Gasteiger partial charge in [-0.3, -0.25) is 4.79 Å². The lowest BCUT2D eigenvalue weighted by Crippen LogP contribution is -2.49. The van der Waals surface area contributed by atoms with Crippen molar-refractivity contribution in [3.63, 3.8) is 0 Å². The molecule has 0 spiro atoms. The third kappa shape index (κ3) is 1.98. The van der Waals surface area contributed by atoms with E-state index in [2.05, 4.69) is 11.4 Å². The number of nitriles is 1. The van der Waals surface area contributed by atoms with Gasteiger partial charge in [0.15, 0.2) is 0 Å². The van der Waals surface area contributed by atoms with Crippen molar-refractivity contribution in [1.29, 1.82) is 5.26 Å². The molecule has 0 unspecified atom stereocenters. The molecule has 1 saturated carbocycles. The molecule has 4 heteroatoms. The summed E-state index contributed by atoms with van der Waals surface area (Å²) in [5.41, 5.74) is -0.826. The minimum atomic E-state index is -0.826. The van der Waals surface area contributed by atoms with Crippen LogP contribution in [0.1, 0.15) is 32.1 Å². The molecule has 4 nitrogen and oxygen atoms in total. The summed E-state index contributed by atoms with van der Waals surface area (Å²) in [6.07, 6.45) is 4.37. The summed E-state index contributed by atoms with van der Waals surface area (Å²) in [6, 6.07) is 2.49. The molecule has 0 aromatic heterocycles. The van der Waals surface area contributed by atoms with E-state index >= 15 is 0 Å². The Hall–Kier alpha value is -1.08. The first kappa shape index (κ1) is 10.4. The molecule has 2 fully saturated rings. The average molecular weight is 208 g/mol. The van der Waals surface area contributed by atoms with Crippen molar-refractivity contribution in [2.75, 3.05) is 13.2 Å². The summed E-state index contributed by atoms with van der Waals surface area (Å²) in [7, 11) is 0. The Balaban J connectivity index is 1.97. The lowest BCUT2D eigenvalue weighted by atomic mass is 9.80. The number of rotatable bonds is 2. The van der Waals surface area contributed by atoms with Crippen LogP contribution in [-0.2, 0) is 9.53 Å². The molecule has 0 atom stereocenters. The van der Waals surface area contributed by atoms with Crippen molar-refractivity contribution in [2.45, 2.75) is 38.1 Å². The summed E-state index contributed by atoms with van der Waals surface area (Å²) >= 11 is 0. The van der Waals surface area contributed by atoms with Crippen molar-refractivity contribution in [2.24, 2.45) is 5.41 Å². The minimum absolute atomic E-state index is 0.0852. The van der Waals surface area contributed by atoms with Gasteiger partial charge in [0.05, 0.1) is 6.07 Å². The largest absolute Gasteiger partial charge is 0.381 e. The number of nitrogens with zero attached hydrogens (tertiary/aromatic N) is 1. The maximum absolute atomic E-state index is 12.0. The number of hydrogen-bond acceptors (Lipinski definition) is 3. The predicted octanol–water partition coefficient (Wildman–Crippen LogP) is 0.975. The monoisotopic (exact) mass is 208 g/mol. The summed E-state index contributed by atoms with van der Waals surface area (Å²) in [6.45, 7) is 1.04. The Morgan fingerprint density at radius 2 is 2.07 bits per heavy atom. The van der Waals surface area contributed by atoms with Crippen LogP contribution >= 0.6 is 0 Å². The zero-order valence-electron chi connectivity index (χ0n) is 8.79. The quantitative estimate of drug-likeness (QED) is 0.735. The van der Waals surface area contributed by atoms with Gasteiger partial charge in [0, 0.05) is 19.3 Å². The normalized spacial score (nSPS) is 25.0. The van der Waals surface area contributed by atoms with Gasteiger partial charge in [0.25, 0.3) is 0 Å². The van der Waals surface area contributed by atoms with E-state index < -0.39 is 5.41 Å². The third-order valence-electron chi connectivity index (χ3n) is 3.44. The molecule has 15 heavy (non-hydrogen) atoms. The Kier molecular flexibility index (Phi) is 2.92. The second-order valence-electron chi connectivity index (χ2n) is 4.41. The molecule has 1 aliphatic carbocycles. The second-order valence-corrected chi connectivity index (χ2v) is 4.41. The second kappa shape index (κ2) is 4.19. The maximum Gasteiger partial charge on any atom is 0.240 e. The van der Waals surface area contributed by atoms with Crippen LogP contribution in [-0.4, -0.2) is 25.2 Å². The molecule has 1 saturated heterocycles. The number of hydrogen-bond donors (Lipinski definition) is 1. The maximum atomic E-state index is 12.0. The van der Waals surface area contributed by atoms with E-state index in [0.717, 1.165) is 12.8 Å². The van der Waals surface area contributed by atoms with Crippen LogP contribution in [0.2, 0.25) is 0 Å². The molecular weight excluding hydrogens is 192 g/mol. The molecule has 2 aliphatic rings. The number of carbonyl (C=O) groups excluding carboxylic acids is 1. The summed E-state index contributed by atoms with van der Waals surface area (Å²) in [5.74, 6) is -0.0852. The van der Waals surface area contributed by atoms with Gasteiger partial charge in [-0.15, -0.1) is 0 Å². The summed E-state index contributed by atoms with van der Waals surface area (Å²) in [5, 5.41) is 12.1. The van der Waals surface area contributed by atoms with Crippen LogP contribution in [0, 0.1) is 16.7 Å². The van der Waals surface area contributed by atoms with Gasteiger partial charge in [-0.25, -0.2) is 0 Å². The van der Waals surface area contributed by atoms with E-state index in [1.807, 2.05) is 0 Å². The SMILES string of the molecule is N#CC1(C(=O)NC2CCC2)CCOCC1. The van der Waals surface area contributed by atoms with Crippen LogP contribution in [0.4, 0.5) is 0 Å². The molecule has 0 aromatic rings. The van der Waals surface area contributed by atoms with Gasteiger partial charge < -0.3 is 10.1 Å². The Morgan fingerprint density at radius 1 is 1.40 bits per heavy atom. The van der Waals surface area contributed by atoms with Gasteiger partial charge >= 0.3 is 0 Å². The lowest BCUT2D eigenvalue weighted by molar-refractivity contribution is -0.133. The number of amides is 1. The third-order valence-corrected chi connectivity index (χ3v) is 3.44. The van der Waals surface area contributed by atoms with E-state index in [-0.39, 0.29) is 5.91 Å². The molecular formula is C11H16N2O2. The van der Waals surface area contributed by atoms with Crippen molar-refractivity contribution in [3.05, 3.63) is 0 Å². The molecule has 2 rings (SSSR count). The smallest absolute Gasteiger partial charge is 0.240 e. The molecule has 1 amide bonds. The first-order valence-electron chi connectivity index (χ1n) is 5.57. The molecule has 1 N–H and O–H groups in total. The van der Waals surface area contributed by atoms with Gasteiger partial charge in [0.2, 0.25) is 5.91 Å². The van der Waals surface area contributed by atoms with Gasteiger partial charge in [-0.2, -0.15) is 5.26 Å². The fraction of sp³-hybridized carbons (Fsp3) is 0.818. The fourth-order valence-corrected chi connectivity index (χ4v) is 1.99. The highest BCUT2D eigenvalue weighted by Gasteiger charge is 2.41. The van der Waals surface area contributed by atoms with Crippen LogP contribution in [0.15, 0.2) is 0 Å². The minimum Gasteiger partial charge on any atom is -0.381 e. The van der Waals surface area contributed by atoms with Crippen LogP contribution in [0.5, 0.6) is 0 Å². The molecule has 0 bridgehead atoms. The number of ether oxygens (including phenoxy) is 1. The number of nitrogens with one attached hydrogen (secondary N) is 1. The summed E-state index contributed by atoms with van der Waals surface area (Å²) in [4.78, 5) is 12.0. The standard InChI is InChI=1S/C11H16N2O2/c12-8-11(4-6-15-7-5-11)10(14)13-9-2-1-3-9/h9H,1-7H2,(H,13,14). The highest BCUT2D eigenvalue weighted by Crippen LogP contribution is 2.31. The average Bonchev–Trinajstić information content (AvgIpc) is 2.24. The molecule has 0 aromatic carbocycles. The van der Waals surface area contributed by atoms with Crippen molar-refractivity contribution >= 4 is 5.91 Å². The first-order chi connectivity index (χ1) is 7.27. The van der Waals surface area contributed by atoms with E-state index in [9.17, 15) is 4.79 Å². The highest BCUT2D eigenvalue weighted by molar-refractivity contribution is 5.85. The van der Waals surface area contributed by atoms with Gasteiger partial charge in [-0.05, 0) is 32.1 Å². The zero-order valence-corrected chi connectivity index (χ0v) is 8.79.